The number of rotatable bonds is 3. The molecule has 6 heteroatoms. The zero-order valence-electron chi connectivity index (χ0n) is 10.7. The van der Waals surface area contributed by atoms with E-state index in [4.69, 9.17) is 0 Å². The van der Waals surface area contributed by atoms with E-state index in [2.05, 4.69) is 41.2 Å². The van der Waals surface area contributed by atoms with E-state index in [0.29, 0.717) is 12.5 Å². The summed E-state index contributed by atoms with van der Waals surface area (Å²) in [5.41, 5.74) is 0. The van der Waals surface area contributed by atoms with Crippen LogP contribution in [0.1, 0.15) is 39.1 Å². The van der Waals surface area contributed by atoms with E-state index < -0.39 is 0 Å². The van der Waals surface area contributed by atoms with Gasteiger partial charge in [0.15, 0.2) is 5.82 Å². The summed E-state index contributed by atoms with van der Waals surface area (Å²) in [5, 5.41) is 21.6. The third-order valence-electron chi connectivity index (χ3n) is 3.42. The fourth-order valence-corrected chi connectivity index (χ4v) is 2.18. The highest BCUT2D eigenvalue weighted by Crippen LogP contribution is 2.18. The van der Waals surface area contributed by atoms with Crippen LogP contribution in [0.25, 0.3) is 0 Å². The Morgan fingerprint density at radius 3 is 2.88 bits per heavy atom. The van der Waals surface area contributed by atoms with Crippen molar-refractivity contribution in [3.63, 3.8) is 0 Å². The Hall–Kier alpha value is -1.01. The number of hydrogen-bond acceptors (Lipinski definition) is 5. The summed E-state index contributed by atoms with van der Waals surface area (Å²) in [6.07, 6.45) is 0.803. The Balaban J connectivity index is 1.99. The minimum atomic E-state index is -0.230. The minimum Gasteiger partial charge on any atom is -0.392 e. The van der Waals surface area contributed by atoms with Crippen LogP contribution >= 0.6 is 0 Å². The predicted octanol–water partition coefficient (Wildman–Crippen LogP) is 0.457. The third kappa shape index (κ3) is 2.81. The van der Waals surface area contributed by atoms with E-state index in [9.17, 15) is 5.11 Å². The Kier molecular flexibility index (Phi) is 3.73. The molecule has 0 saturated carbocycles. The van der Waals surface area contributed by atoms with E-state index in [0.717, 1.165) is 25.3 Å². The van der Waals surface area contributed by atoms with Gasteiger partial charge in [0.25, 0.3) is 0 Å². The molecule has 2 unspecified atom stereocenters. The number of piperidine rings is 1. The average molecular weight is 239 g/mol. The highest BCUT2D eigenvalue weighted by molar-refractivity contribution is 4.86. The highest BCUT2D eigenvalue weighted by atomic mass is 16.3. The summed E-state index contributed by atoms with van der Waals surface area (Å²) in [6.45, 7) is 8.66. The van der Waals surface area contributed by atoms with Crippen LogP contribution in [-0.4, -0.2) is 49.4 Å². The van der Waals surface area contributed by atoms with Gasteiger partial charge in [0.2, 0.25) is 0 Å². The van der Waals surface area contributed by atoms with Crippen molar-refractivity contribution in [1.29, 1.82) is 0 Å². The van der Waals surface area contributed by atoms with Crippen molar-refractivity contribution >= 4 is 0 Å². The molecule has 2 heterocycles. The molecule has 1 saturated heterocycles. The van der Waals surface area contributed by atoms with Gasteiger partial charge in [-0.15, -0.1) is 5.10 Å². The van der Waals surface area contributed by atoms with E-state index in [1.165, 1.54) is 0 Å². The van der Waals surface area contributed by atoms with E-state index >= 15 is 0 Å². The van der Waals surface area contributed by atoms with Gasteiger partial charge in [-0.25, -0.2) is 4.68 Å². The lowest BCUT2D eigenvalue weighted by atomic mass is 9.96. The van der Waals surface area contributed by atoms with Crippen molar-refractivity contribution in [2.75, 3.05) is 13.1 Å². The molecule has 0 aliphatic carbocycles. The van der Waals surface area contributed by atoms with E-state index in [1.807, 2.05) is 4.68 Å². The second-order valence-corrected chi connectivity index (χ2v) is 5.20. The Labute approximate surface area is 102 Å². The second kappa shape index (κ2) is 5.10. The molecule has 1 N–H and O–H groups in total. The van der Waals surface area contributed by atoms with Crippen molar-refractivity contribution in [1.82, 2.24) is 25.1 Å². The molecule has 0 radical (unpaired) electrons. The van der Waals surface area contributed by atoms with Gasteiger partial charge >= 0.3 is 0 Å². The molecule has 96 valence electrons. The zero-order chi connectivity index (χ0) is 12.4. The molecular weight excluding hydrogens is 218 g/mol. The van der Waals surface area contributed by atoms with Gasteiger partial charge in [-0.1, -0.05) is 6.92 Å². The molecule has 0 bridgehead atoms. The quantitative estimate of drug-likeness (QED) is 0.830. The van der Waals surface area contributed by atoms with Crippen LogP contribution < -0.4 is 0 Å². The van der Waals surface area contributed by atoms with Crippen molar-refractivity contribution in [3.8, 4) is 0 Å². The van der Waals surface area contributed by atoms with Crippen LogP contribution in [0.15, 0.2) is 0 Å². The summed E-state index contributed by atoms with van der Waals surface area (Å²) >= 11 is 0. The van der Waals surface area contributed by atoms with Gasteiger partial charge in [-0.05, 0) is 43.2 Å². The molecule has 0 amide bonds. The first-order valence-corrected chi connectivity index (χ1v) is 6.25. The molecular formula is C11H21N5O. The zero-order valence-corrected chi connectivity index (χ0v) is 10.7. The maximum Gasteiger partial charge on any atom is 0.165 e. The number of aliphatic hydroxyl groups is 1. The highest BCUT2D eigenvalue weighted by Gasteiger charge is 2.25. The molecule has 0 aromatic carbocycles. The number of tetrazole rings is 1. The van der Waals surface area contributed by atoms with Crippen molar-refractivity contribution in [3.05, 3.63) is 5.82 Å². The number of likely N-dealkylation sites (tertiary alicyclic amines) is 1. The third-order valence-corrected chi connectivity index (χ3v) is 3.42. The molecule has 2 atom stereocenters. The molecule has 1 fully saturated rings. The molecule has 1 aromatic rings. The number of hydrogen-bond donors (Lipinski definition) is 1. The monoisotopic (exact) mass is 239 g/mol. The summed E-state index contributed by atoms with van der Waals surface area (Å²) in [6, 6.07) is 0.272. The van der Waals surface area contributed by atoms with Crippen molar-refractivity contribution < 1.29 is 5.11 Å². The summed E-state index contributed by atoms with van der Waals surface area (Å²) in [4.78, 5) is 2.22. The second-order valence-electron chi connectivity index (χ2n) is 5.20. The predicted molar refractivity (Wildman–Crippen MR) is 63.3 cm³/mol. The number of nitrogens with zero attached hydrogens (tertiary/aromatic N) is 5. The number of aliphatic hydroxyl groups excluding tert-OH is 1. The number of aromatic nitrogens is 4. The lowest BCUT2D eigenvalue weighted by Crippen LogP contribution is -2.42. The first-order valence-electron chi connectivity index (χ1n) is 6.25. The topological polar surface area (TPSA) is 67.1 Å². The minimum absolute atomic E-state index is 0.230. The van der Waals surface area contributed by atoms with Crippen LogP contribution in [0.5, 0.6) is 0 Å². The van der Waals surface area contributed by atoms with E-state index in [-0.39, 0.29) is 12.1 Å². The van der Waals surface area contributed by atoms with Crippen LogP contribution in [0, 0.1) is 5.92 Å². The SMILES string of the molecule is CC1CCN(Cc2nnnn2C(C)C)CC1O. The molecule has 2 rings (SSSR count). The molecule has 1 aromatic heterocycles. The largest absolute Gasteiger partial charge is 0.392 e. The fraction of sp³-hybridized carbons (Fsp3) is 0.909. The maximum atomic E-state index is 9.86. The normalized spacial score (nSPS) is 26.6. The lowest BCUT2D eigenvalue weighted by Gasteiger charge is -2.33. The average Bonchev–Trinajstić information content (AvgIpc) is 2.72. The molecule has 6 nitrogen and oxygen atoms in total. The van der Waals surface area contributed by atoms with Gasteiger partial charge in [-0.3, -0.25) is 4.90 Å². The molecule has 1 aliphatic heterocycles. The van der Waals surface area contributed by atoms with Gasteiger partial charge in [0.05, 0.1) is 18.7 Å². The van der Waals surface area contributed by atoms with Crippen LogP contribution in [0.2, 0.25) is 0 Å². The Morgan fingerprint density at radius 1 is 1.47 bits per heavy atom. The smallest absolute Gasteiger partial charge is 0.165 e. The summed E-state index contributed by atoms with van der Waals surface area (Å²) in [5.74, 6) is 1.27. The summed E-state index contributed by atoms with van der Waals surface area (Å²) < 4.78 is 1.84. The fourth-order valence-electron chi connectivity index (χ4n) is 2.18. The maximum absolute atomic E-state index is 9.86. The van der Waals surface area contributed by atoms with Gasteiger partial charge in [-0.2, -0.15) is 0 Å². The van der Waals surface area contributed by atoms with Gasteiger partial charge in [0, 0.05) is 6.54 Å². The van der Waals surface area contributed by atoms with Crippen molar-refractivity contribution in [2.45, 2.75) is 45.9 Å². The first kappa shape index (κ1) is 12.4. The Bertz CT molecular complexity index is 364. The van der Waals surface area contributed by atoms with Gasteiger partial charge < -0.3 is 5.11 Å². The van der Waals surface area contributed by atoms with Crippen LogP contribution in [0.3, 0.4) is 0 Å². The molecule has 17 heavy (non-hydrogen) atoms. The first-order chi connectivity index (χ1) is 8.08. The Morgan fingerprint density at radius 2 is 2.24 bits per heavy atom. The lowest BCUT2D eigenvalue weighted by molar-refractivity contribution is 0.0242. The standard InChI is InChI=1S/C11H21N5O/c1-8(2)16-11(12-13-14-16)7-15-5-4-9(3)10(17)6-15/h8-10,17H,4-7H2,1-3H3. The molecule has 1 aliphatic rings. The van der Waals surface area contributed by atoms with Crippen LogP contribution in [-0.2, 0) is 6.54 Å². The van der Waals surface area contributed by atoms with E-state index in [1.54, 1.807) is 0 Å². The van der Waals surface area contributed by atoms with Gasteiger partial charge in [0.1, 0.15) is 0 Å². The number of β-amino-alcohol motifs (C(OH)–C–C–N with tert-alkyl or cyclic N) is 1. The summed E-state index contributed by atoms with van der Waals surface area (Å²) in [7, 11) is 0. The molecule has 0 spiro atoms. The van der Waals surface area contributed by atoms with Crippen LogP contribution in [0.4, 0.5) is 0 Å². The van der Waals surface area contributed by atoms with Crippen molar-refractivity contribution in [2.24, 2.45) is 5.92 Å².